The number of anilines is 1. The Labute approximate surface area is 201 Å². The summed E-state index contributed by atoms with van der Waals surface area (Å²) < 4.78 is 8.23. The minimum atomic E-state index is 0.146. The Morgan fingerprint density at radius 1 is 1.06 bits per heavy atom. The Morgan fingerprint density at radius 3 is 2.42 bits per heavy atom. The van der Waals surface area contributed by atoms with Crippen LogP contribution in [0.4, 0.5) is 5.13 Å². The molecule has 0 unspecified atom stereocenters. The highest BCUT2D eigenvalue weighted by molar-refractivity contribution is 7.22. The number of rotatable bonds is 5. The number of thiazole rings is 1. The van der Waals surface area contributed by atoms with Crippen molar-refractivity contribution in [1.29, 1.82) is 0 Å². The maximum absolute atomic E-state index is 12.7. The van der Waals surface area contributed by atoms with Crippen molar-refractivity contribution in [2.24, 2.45) is 0 Å². The van der Waals surface area contributed by atoms with Gasteiger partial charge in [0.1, 0.15) is 5.75 Å². The average molecular weight is 482 g/mol. The molecule has 0 aliphatic carbocycles. The van der Waals surface area contributed by atoms with Crippen LogP contribution in [0.3, 0.4) is 0 Å². The fraction of sp³-hybridized carbons (Fsp3) is 0.292. The van der Waals surface area contributed by atoms with E-state index in [9.17, 15) is 4.79 Å². The van der Waals surface area contributed by atoms with Crippen LogP contribution in [0, 0.1) is 6.92 Å². The van der Waals surface area contributed by atoms with E-state index in [1.165, 1.54) is 0 Å². The number of hydrogen-bond donors (Lipinski definition) is 0. The molecule has 0 N–H and O–H groups in total. The first-order valence-corrected chi connectivity index (χ1v) is 12.0. The number of aromatic nitrogens is 3. The van der Waals surface area contributed by atoms with Crippen molar-refractivity contribution in [1.82, 2.24) is 19.7 Å². The van der Waals surface area contributed by atoms with Gasteiger partial charge in [0.25, 0.3) is 0 Å². The number of halogens is 1. The van der Waals surface area contributed by atoms with Gasteiger partial charge in [0.2, 0.25) is 5.91 Å². The quantitative estimate of drug-likeness (QED) is 0.424. The predicted octanol–water partition coefficient (Wildman–Crippen LogP) is 4.34. The van der Waals surface area contributed by atoms with Gasteiger partial charge < -0.3 is 14.5 Å². The molecule has 1 aliphatic heterocycles. The summed E-state index contributed by atoms with van der Waals surface area (Å²) in [6.45, 7) is 4.91. The second-order valence-electron chi connectivity index (χ2n) is 8.02. The molecule has 4 aromatic rings. The lowest BCUT2D eigenvalue weighted by Gasteiger charge is -2.34. The Kier molecular flexibility index (Phi) is 5.95. The molecule has 1 saturated heterocycles. The Bertz CT molecular complexity index is 1270. The Morgan fingerprint density at radius 2 is 1.76 bits per heavy atom. The third-order valence-corrected chi connectivity index (χ3v) is 7.33. The molecule has 1 aliphatic rings. The van der Waals surface area contributed by atoms with Crippen molar-refractivity contribution in [3.63, 3.8) is 0 Å². The standard InChI is InChI=1S/C24H24ClN5O2S/c1-16-22-23(30(27-16)19-7-9-20(32-2)10-8-19)26-24(33-22)29-13-11-28(12-14-29)21(31)15-17-3-5-18(25)6-4-17/h3-10H,11-15H2,1-2H3. The SMILES string of the molecule is COc1ccc(-n2nc(C)c3sc(N4CCN(C(=O)Cc5ccc(Cl)cc5)CC4)nc32)cc1. The molecule has 0 saturated carbocycles. The Balaban J connectivity index is 1.28. The van der Waals surface area contributed by atoms with E-state index in [0.29, 0.717) is 24.5 Å². The van der Waals surface area contributed by atoms with Crippen LogP contribution < -0.4 is 9.64 Å². The lowest BCUT2D eigenvalue weighted by Crippen LogP contribution is -2.49. The number of methoxy groups -OCH3 is 1. The minimum absolute atomic E-state index is 0.146. The summed E-state index contributed by atoms with van der Waals surface area (Å²) in [5.41, 5.74) is 3.75. The number of carbonyl (C=O) groups excluding carboxylic acids is 1. The first-order chi connectivity index (χ1) is 16.0. The van der Waals surface area contributed by atoms with E-state index in [1.807, 2.05) is 65.0 Å². The third-order valence-electron chi connectivity index (χ3n) is 5.87. The van der Waals surface area contributed by atoms with E-state index in [2.05, 4.69) is 10.00 Å². The minimum Gasteiger partial charge on any atom is -0.497 e. The van der Waals surface area contributed by atoms with Gasteiger partial charge in [0.15, 0.2) is 10.8 Å². The summed E-state index contributed by atoms with van der Waals surface area (Å²) in [6, 6.07) is 15.3. The van der Waals surface area contributed by atoms with Gasteiger partial charge in [-0.2, -0.15) is 10.1 Å². The van der Waals surface area contributed by atoms with Gasteiger partial charge in [-0.15, -0.1) is 0 Å². The van der Waals surface area contributed by atoms with Crippen molar-refractivity contribution >= 4 is 44.3 Å². The molecule has 9 heteroatoms. The molecule has 0 spiro atoms. The van der Waals surface area contributed by atoms with Crippen LogP contribution in [0.5, 0.6) is 5.75 Å². The fourth-order valence-corrected chi connectivity index (χ4v) is 5.16. The lowest BCUT2D eigenvalue weighted by atomic mass is 10.1. The second kappa shape index (κ2) is 9.03. The largest absolute Gasteiger partial charge is 0.497 e. The van der Waals surface area contributed by atoms with Crippen LogP contribution in [0.1, 0.15) is 11.3 Å². The number of fused-ring (bicyclic) bond motifs is 1. The van der Waals surface area contributed by atoms with Crippen molar-refractivity contribution < 1.29 is 9.53 Å². The van der Waals surface area contributed by atoms with Crippen LogP contribution >= 0.6 is 22.9 Å². The number of ether oxygens (including phenoxy) is 1. The van der Waals surface area contributed by atoms with E-state index >= 15 is 0 Å². The third kappa shape index (κ3) is 4.41. The van der Waals surface area contributed by atoms with E-state index < -0.39 is 0 Å². The molecule has 33 heavy (non-hydrogen) atoms. The molecule has 1 amide bonds. The summed E-state index contributed by atoms with van der Waals surface area (Å²) in [4.78, 5) is 21.8. The number of hydrogen-bond acceptors (Lipinski definition) is 6. The van der Waals surface area contributed by atoms with Gasteiger partial charge in [-0.25, -0.2) is 4.68 Å². The molecule has 2 aromatic heterocycles. The van der Waals surface area contributed by atoms with Crippen molar-refractivity contribution in [2.45, 2.75) is 13.3 Å². The summed E-state index contributed by atoms with van der Waals surface area (Å²) in [7, 11) is 1.66. The number of aryl methyl sites for hydroxylation is 1. The van der Waals surface area contributed by atoms with Crippen LogP contribution in [-0.4, -0.2) is 58.9 Å². The summed E-state index contributed by atoms with van der Waals surface area (Å²) in [6.07, 6.45) is 0.398. The molecular formula is C24H24ClN5O2S. The molecule has 0 atom stereocenters. The summed E-state index contributed by atoms with van der Waals surface area (Å²) in [5.74, 6) is 0.952. The van der Waals surface area contributed by atoms with E-state index in [-0.39, 0.29) is 5.91 Å². The molecule has 1 fully saturated rings. The molecule has 5 rings (SSSR count). The zero-order valence-electron chi connectivity index (χ0n) is 18.5. The number of piperazine rings is 1. The van der Waals surface area contributed by atoms with Gasteiger partial charge >= 0.3 is 0 Å². The van der Waals surface area contributed by atoms with E-state index in [1.54, 1.807) is 18.4 Å². The van der Waals surface area contributed by atoms with Crippen LogP contribution in [0.2, 0.25) is 5.02 Å². The van der Waals surface area contributed by atoms with Crippen LogP contribution in [-0.2, 0) is 11.2 Å². The summed E-state index contributed by atoms with van der Waals surface area (Å²) >= 11 is 7.60. The van der Waals surface area contributed by atoms with Gasteiger partial charge in [0, 0.05) is 31.2 Å². The number of carbonyl (C=O) groups is 1. The molecule has 0 bridgehead atoms. The van der Waals surface area contributed by atoms with Crippen LogP contribution in [0.15, 0.2) is 48.5 Å². The molecule has 3 heterocycles. The monoisotopic (exact) mass is 481 g/mol. The van der Waals surface area contributed by atoms with Crippen molar-refractivity contribution in [2.75, 3.05) is 38.2 Å². The number of amides is 1. The predicted molar refractivity (Wildman–Crippen MR) is 132 cm³/mol. The molecule has 0 radical (unpaired) electrons. The maximum atomic E-state index is 12.7. The van der Waals surface area contributed by atoms with Crippen LogP contribution in [0.25, 0.3) is 16.0 Å². The zero-order chi connectivity index (χ0) is 22.9. The molecule has 170 valence electrons. The van der Waals surface area contributed by atoms with Crippen molar-refractivity contribution in [3.8, 4) is 11.4 Å². The fourth-order valence-electron chi connectivity index (χ4n) is 4.00. The highest BCUT2D eigenvalue weighted by Gasteiger charge is 2.25. The van der Waals surface area contributed by atoms with Crippen molar-refractivity contribution in [3.05, 3.63) is 64.8 Å². The molecule has 2 aromatic carbocycles. The van der Waals surface area contributed by atoms with Gasteiger partial charge in [-0.1, -0.05) is 35.1 Å². The second-order valence-corrected chi connectivity index (χ2v) is 9.43. The average Bonchev–Trinajstić information content (AvgIpc) is 3.41. The van der Waals surface area contributed by atoms with E-state index in [4.69, 9.17) is 21.3 Å². The normalized spacial score (nSPS) is 14.2. The van der Waals surface area contributed by atoms with Gasteiger partial charge in [-0.05, 0) is 48.9 Å². The van der Waals surface area contributed by atoms with E-state index in [0.717, 1.165) is 51.3 Å². The topological polar surface area (TPSA) is 63.5 Å². The number of nitrogens with zero attached hydrogens (tertiary/aromatic N) is 5. The number of benzene rings is 2. The summed E-state index contributed by atoms with van der Waals surface area (Å²) in [5, 5.41) is 6.34. The highest BCUT2D eigenvalue weighted by atomic mass is 35.5. The van der Waals surface area contributed by atoms with Gasteiger partial charge in [0.05, 0.1) is 29.6 Å². The first-order valence-electron chi connectivity index (χ1n) is 10.8. The first kappa shape index (κ1) is 21.7. The van der Waals surface area contributed by atoms with Gasteiger partial charge in [-0.3, -0.25) is 4.79 Å². The molecule has 7 nitrogen and oxygen atoms in total. The maximum Gasteiger partial charge on any atom is 0.227 e. The zero-order valence-corrected chi connectivity index (χ0v) is 20.1. The lowest BCUT2D eigenvalue weighted by molar-refractivity contribution is -0.130. The smallest absolute Gasteiger partial charge is 0.227 e. The Hall–Kier alpha value is -3.10. The highest BCUT2D eigenvalue weighted by Crippen LogP contribution is 2.33. The molecular weight excluding hydrogens is 458 g/mol.